The standard InChI is InChI=1S/C14H22N4O2/c15-10-12-2-3-13(17-11-12)14(19)16-4-1-5-18-6-8-20-9-7-18/h2-3,11H,1,4-10,15H2,(H,16,19). The van der Waals surface area contributed by atoms with Gasteiger partial charge in [0.2, 0.25) is 0 Å². The predicted octanol–water partition coefficient (Wildman–Crippen LogP) is -0.00760. The highest BCUT2D eigenvalue weighted by molar-refractivity contribution is 5.92. The Labute approximate surface area is 119 Å². The first-order chi connectivity index (χ1) is 9.79. The van der Waals surface area contributed by atoms with Crippen LogP contribution >= 0.6 is 0 Å². The molecular formula is C14H22N4O2. The van der Waals surface area contributed by atoms with Crippen molar-refractivity contribution in [2.75, 3.05) is 39.4 Å². The van der Waals surface area contributed by atoms with E-state index < -0.39 is 0 Å². The van der Waals surface area contributed by atoms with Crippen LogP contribution in [-0.4, -0.2) is 55.2 Å². The third-order valence-corrected chi connectivity index (χ3v) is 3.33. The van der Waals surface area contributed by atoms with E-state index in [0.717, 1.165) is 44.8 Å². The minimum atomic E-state index is -0.129. The van der Waals surface area contributed by atoms with Crippen LogP contribution in [0.2, 0.25) is 0 Å². The van der Waals surface area contributed by atoms with Crippen LogP contribution in [0.3, 0.4) is 0 Å². The quantitative estimate of drug-likeness (QED) is 0.716. The molecule has 2 heterocycles. The predicted molar refractivity (Wildman–Crippen MR) is 76.3 cm³/mol. The minimum absolute atomic E-state index is 0.129. The summed E-state index contributed by atoms with van der Waals surface area (Å²) in [6, 6.07) is 3.54. The van der Waals surface area contributed by atoms with Gasteiger partial charge in [0.05, 0.1) is 13.2 Å². The van der Waals surface area contributed by atoms with Crippen LogP contribution in [0, 0.1) is 0 Å². The van der Waals surface area contributed by atoms with Crippen molar-refractivity contribution in [2.24, 2.45) is 5.73 Å². The number of hydrogen-bond acceptors (Lipinski definition) is 5. The molecule has 6 heteroatoms. The monoisotopic (exact) mass is 278 g/mol. The van der Waals surface area contributed by atoms with Crippen molar-refractivity contribution in [2.45, 2.75) is 13.0 Å². The van der Waals surface area contributed by atoms with E-state index in [1.807, 2.05) is 6.07 Å². The van der Waals surface area contributed by atoms with Crippen molar-refractivity contribution in [3.05, 3.63) is 29.6 Å². The summed E-state index contributed by atoms with van der Waals surface area (Å²) in [6.45, 7) is 5.67. The van der Waals surface area contributed by atoms with Gasteiger partial charge in [-0.05, 0) is 24.6 Å². The van der Waals surface area contributed by atoms with Crippen LogP contribution in [0.1, 0.15) is 22.5 Å². The smallest absolute Gasteiger partial charge is 0.269 e. The van der Waals surface area contributed by atoms with E-state index in [4.69, 9.17) is 10.5 Å². The van der Waals surface area contributed by atoms with Crippen molar-refractivity contribution in [3.63, 3.8) is 0 Å². The van der Waals surface area contributed by atoms with E-state index in [1.54, 1.807) is 12.3 Å². The van der Waals surface area contributed by atoms with Crippen molar-refractivity contribution in [3.8, 4) is 0 Å². The van der Waals surface area contributed by atoms with Gasteiger partial charge in [0, 0.05) is 32.4 Å². The SMILES string of the molecule is NCc1ccc(C(=O)NCCCN2CCOCC2)nc1. The van der Waals surface area contributed by atoms with Gasteiger partial charge in [-0.15, -0.1) is 0 Å². The topological polar surface area (TPSA) is 80.5 Å². The fourth-order valence-electron chi connectivity index (χ4n) is 2.10. The molecule has 0 unspecified atom stereocenters. The second kappa shape index (κ2) is 7.94. The molecule has 0 aromatic carbocycles. The Hall–Kier alpha value is -1.50. The maximum atomic E-state index is 11.9. The molecule has 3 N–H and O–H groups in total. The van der Waals surface area contributed by atoms with Crippen LogP contribution in [0.4, 0.5) is 0 Å². The molecule has 1 fully saturated rings. The van der Waals surface area contributed by atoms with Crippen LogP contribution in [0.25, 0.3) is 0 Å². The van der Waals surface area contributed by atoms with Gasteiger partial charge in [-0.25, -0.2) is 0 Å². The van der Waals surface area contributed by atoms with Crippen molar-refractivity contribution >= 4 is 5.91 Å². The third kappa shape index (κ3) is 4.56. The average Bonchev–Trinajstić information content (AvgIpc) is 2.52. The highest BCUT2D eigenvalue weighted by Crippen LogP contribution is 2.00. The van der Waals surface area contributed by atoms with Gasteiger partial charge >= 0.3 is 0 Å². The van der Waals surface area contributed by atoms with E-state index in [9.17, 15) is 4.79 Å². The largest absolute Gasteiger partial charge is 0.379 e. The van der Waals surface area contributed by atoms with Gasteiger partial charge in [0.1, 0.15) is 5.69 Å². The number of ether oxygens (including phenoxy) is 1. The highest BCUT2D eigenvalue weighted by atomic mass is 16.5. The van der Waals surface area contributed by atoms with Gasteiger partial charge in [-0.2, -0.15) is 0 Å². The zero-order chi connectivity index (χ0) is 14.2. The first-order valence-corrected chi connectivity index (χ1v) is 7.03. The van der Waals surface area contributed by atoms with Gasteiger partial charge < -0.3 is 15.8 Å². The lowest BCUT2D eigenvalue weighted by molar-refractivity contribution is 0.0374. The number of nitrogens with zero attached hydrogens (tertiary/aromatic N) is 2. The van der Waals surface area contributed by atoms with Gasteiger partial charge in [-0.3, -0.25) is 14.7 Å². The summed E-state index contributed by atoms with van der Waals surface area (Å²) >= 11 is 0. The number of nitrogens with two attached hydrogens (primary N) is 1. The number of hydrogen-bond donors (Lipinski definition) is 2. The number of aromatic nitrogens is 1. The lowest BCUT2D eigenvalue weighted by atomic mass is 10.2. The Bertz CT molecular complexity index is 416. The molecule has 20 heavy (non-hydrogen) atoms. The number of rotatable bonds is 6. The van der Waals surface area contributed by atoms with Gasteiger partial charge in [-0.1, -0.05) is 6.07 Å². The normalized spacial score (nSPS) is 16.1. The van der Waals surface area contributed by atoms with Crippen LogP contribution in [0.5, 0.6) is 0 Å². The summed E-state index contributed by atoms with van der Waals surface area (Å²) in [6.07, 6.45) is 2.58. The second-order valence-corrected chi connectivity index (χ2v) is 4.82. The maximum Gasteiger partial charge on any atom is 0.269 e. The molecule has 1 aromatic heterocycles. The number of morpholine rings is 1. The lowest BCUT2D eigenvalue weighted by Gasteiger charge is -2.26. The molecule has 1 saturated heterocycles. The van der Waals surface area contributed by atoms with E-state index >= 15 is 0 Å². The Kier molecular flexibility index (Phi) is 5.91. The molecule has 2 rings (SSSR count). The molecule has 0 saturated carbocycles. The van der Waals surface area contributed by atoms with Crippen LogP contribution < -0.4 is 11.1 Å². The van der Waals surface area contributed by atoms with Crippen LogP contribution in [-0.2, 0) is 11.3 Å². The molecular weight excluding hydrogens is 256 g/mol. The zero-order valence-corrected chi connectivity index (χ0v) is 11.7. The first-order valence-electron chi connectivity index (χ1n) is 7.03. The summed E-state index contributed by atoms with van der Waals surface area (Å²) in [7, 11) is 0. The van der Waals surface area contributed by atoms with E-state index in [-0.39, 0.29) is 5.91 Å². The number of amides is 1. The fraction of sp³-hybridized carbons (Fsp3) is 0.571. The summed E-state index contributed by atoms with van der Waals surface area (Å²) in [4.78, 5) is 18.3. The maximum absolute atomic E-state index is 11.9. The summed E-state index contributed by atoms with van der Waals surface area (Å²) in [5.41, 5.74) is 6.85. The number of carbonyl (C=O) groups excluding carboxylic acids is 1. The molecule has 6 nitrogen and oxygen atoms in total. The molecule has 1 aromatic rings. The number of carbonyl (C=O) groups is 1. The van der Waals surface area contributed by atoms with Gasteiger partial charge in [0.25, 0.3) is 5.91 Å². The van der Waals surface area contributed by atoms with E-state index in [2.05, 4.69) is 15.2 Å². The number of pyridine rings is 1. The fourth-order valence-corrected chi connectivity index (χ4v) is 2.10. The Morgan fingerprint density at radius 1 is 1.40 bits per heavy atom. The lowest BCUT2D eigenvalue weighted by Crippen LogP contribution is -2.38. The van der Waals surface area contributed by atoms with Crippen molar-refractivity contribution in [1.29, 1.82) is 0 Å². The van der Waals surface area contributed by atoms with Gasteiger partial charge in [0.15, 0.2) is 0 Å². The molecule has 0 radical (unpaired) electrons. The molecule has 1 aliphatic rings. The van der Waals surface area contributed by atoms with Crippen LogP contribution in [0.15, 0.2) is 18.3 Å². The van der Waals surface area contributed by atoms with Crippen molar-refractivity contribution < 1.29 is 9.53 Å². The molecule has 0 aliphatic carbocycles. The van der Waals surface area contributed by atoms with E-state index in [0.29, 0.717) is 18.8 Å². The first kappa shape index (κ1) is 14.9. The number of nitrogens with one attached hydrogen (secondary N) is 1. The summed E-state index contributed by atoms with van der Waals surface area (Å²) < 4.78 is 5.29. The summed E-state index contributed by atoms with van der Waals surface area (Å²) in [5, 5.41) is 2.89. The third-order valence-electron chi connectivity index (χ3n) is 3.33. The Morgan fingerprint density at radius 3 is 2.85 bits per heavy atom. The van der Waals surface area contributed by atoms with Crippen molar-refractivity contribution in [1.82, 2.24) is 15.2 Å². The Balaban J connectivity index is 1.66. The molecule has 1 amide bonds. The average molecular weight is 278 g/mol. The zero-order valence-electron chi connectivity index (χ0n) is 11.7. The molecule has 0 bridgehead atoms. The highest BCUT2D eigenvalue weighted by Gasteiger charge is 2.10. The molecule has 0 atom stereocenters. The van der Waals surface area contributed by atoms with E-state index in [1.165, 1.54) is 0 Å². The molecule has 0 spiro atoms. The Morgan fingerprint density at radius 2 is 2.20 bits per heavy atom. The molecule has 110 valence electrons. The molecule has 1 aliphatic heterocycles. The second-order valence-electron chi connectivity index (χ2n) is 4.82. The summed E-state index contributed by atoms with van der Waals surface area (Å²) in [5.74, 6) is -0.129. The minimum Gasteiger partial charge on any atom is -0.379 e.